The fraction of sp³-hybridized carbons (Fsp3) is 0.325. The molecule has 0 aliphatic carbocycles. The molecule has 0 amide bonds. The van der Waals surface area contributed by atoms with Crippen molar-refractivity contribution in [2.24, 2.45) is 0 Å². The predicted octanol–water partition coefficient (Wildman–Crippen LogP) is 11.4. The number of rotatable bonds is 8. The summed E-state index contributed by atoms with van der Waals surface area (Å²) in [6, 6.07) is 37.7. The van der Waals surface area contributed by atoms with Gasteiger partial charge in [-0.1, -0.05) is 141 Å². The average Bonchev–Trinajstić information content (AvgIpc) is 3.51. The number of hydrogen-bond acceptors (Lipinski definition) is 1. The summed E-state index contributed by atoms with van der Waals surface area (Å²) in [5.41, 5.74) is 7.86. The van der Waals surface area contributed by atoms with Crippen molar-refractivity contribution in [1.82, 2.24) is 9.55 Å². The molecule has 0 aliphatic heterocycles. The van der Waals surface area contributed by atoms with Gasteiger partial charge in [-0.15, -0.1) is 5.69 Å². The van der Waals surface area contributed by atoms with E-state index in [-0.39, 0.29) is 31.9 Å². The molecule has 0 radical (unpaired) electrons. The van der Waals surface area contributed by atoms with Crippen LogP contribution in [-0.2, 0) is 25.8 Å². The second kappa shape index (κ2) is 23.0. The van der Waals surface area contributed by atoms with Gasteiger partial charge in [0.15, 0.2) is 0 Å². The van der Waals surface area contributed by atoms with Gasteiger partial charge in [0, 0.05) is 17.4 Å². The first-order chi connectivity index (χ1) is 22.3. The average molecular weight is 795 g/mol. The standard InChI is InChI=1S/C34H34N3.3C2H6N.Hf/c1-24(2)29-21-14-22-30(25(3)4)33(29)36-32(27-17-10-6-11-18-27)34-35-31(26-15-8-5-9-16-26)23-37(34)28-19-12-7-13-20-28;3*1-3-2;/h5-25,32H,1-4H3;3*1-2H3;/q4*-1;+4. The zero-order valence-corrected chi connectivity index (χ0v) is 33.5. The van der Waals surface area contributed by atoms with Crippen LogP contribution in [0.2, 0.25) is 0 Å². The van der Waals surface area contributed by atoms with Crippen LogP contribution in [0.1, 0.15) is 68.1 Å². The number of aromatic nitrogens is 2. The van der Waals surface area contributed by atoms with Crippen LogP contribution in [0.4, 0.5) is 5.69 Å². The summed E-state index contributed by atoms with van der Waals surface area (Å²) < 4.78 is 2.20. The molecule has 0 saturated carbocycles. The zero-order chi connectivity index (χ0) is 33.9. The van der Waals surface area contributed by atoms with E-state index in [0.29, 0.717) is 11.8 Å². The van der Waals surface area contributed by atoms with E-state index >= 15 is 0 Å². The maximum atomic E-state index is 5.55. The number of nitrogens with zero attached hydrogens (tertiary/aromatic N) is 6. The van der Waals surface area contributed by atoms with E-state index < -0.39 is 0 Å². The van der Waals surface area contributed by atoms with E-state index in [1.807, 2.05) is 12.1 Å². The molecule has 5 rings (SSSR count). The van der Waals surface area contributed by atoms with Crippen molar-refractivity contribution in [2.75, 3.05) is 42.3 Å². The van der Waals surface area contributed by atoms with Crippen LogP contribution in [0.3, 0.4) is 0 Å². The molecule has 7 heteroatoms. The van der Waals surface area contributed by atoms with Crippen molar-refractivity contribution in [3.63, 3.8) is 0 Å². The van der Waals surface area contributed by atoms with Gasteiger partial charge in [0.05, 0.1) is 5.69 Å². The normalized spacial score (nSPS) is 10.7. The Morgan fingerprint density at radius 1 is 0.553 bits per heavy atom. The van der Waals surface area contributed by atoms with Gasteiger partial charge < -0.3 is 25.8 Å². The SMILES string of the molecule is CC(C)c1cccc(C(C)C)c1[N-]C(c1ccccc1)c1nc(-c2ccccc2)cn1-c1ccccc1.C[N-]C.C[N-]C.C[N-]C.[Hf+4]. The first-order valence-corrected chi connectivity index (χ1v) is 15.8. The third-order valence-corrected chi connectivity index (χ3v) is 6.80. The molecule has 1 aromatic heterocycles. The summed E-state index contributed by atoms with van der Waals surface area (Å²) in [7, 11) is 10.5. The van der Waals surface area contributed by atoms with Crippen LogP contribution >= 0.6 is 0 Å². The number of para-hydroxylation sites is 2. The van der Waals surface area contributed by atoms with Gasteiger partial charge in [-0.3, -0.25) is 0 Å². The Balaban J connectivity index is 0.000000996. The molecular formula is C40H52HfN6. The minimum atomic E-state index is -0.267. The van der Waals surface area contributed by atoms with Crippen LogP contribution in [0, 0.1) is 0 Å². The fourth-order valence-electron chi connectivity index (χ4n) is 4.84. The van der Waals surface area contributed by atoms with E-state index in [0.717, 1.165) is 34.0 Å². The Kier molecular flexibility index (Phi) is 20.4. The topological polar surface area (TPSA) is 74.2 Å². The Labute approximate surface area is 303 Å². The van der Waals surface area contributed by atoms with Crippen molar-refractivity contribution < 1.29 is 25.8 Å². The Hall–Kier alpha value is -3.36. The summed E-state index contributed by atoms with van der Waals surface area (Å²) in [6.45, 7) is 8.98. The van der Waals surface area contributed by atoms with Crippen LogP contribution in [0.25, 0.3) is 38.2 Å². The fourth-order valence-corrected chi connectivity index (χ4v) is 4.84. The van der Waals surface area contributed by atoms with E-state index in [1.54, 1.807) is 42.3 Å². The molecule has 0 bridgehead atoms. The summed E-state index contributed by atoms with van der Waals surface area (Å²) >= 11 is 0. The number of hydrogen-bond donors (Lipinski definition) is 0. The second-order valence-corrected chi connectivity index (χ2v) is 11.4. The van der Waals surface area contributed by atoms with E-state index in [2.05, 4.69) is 151 Å². The van der Waals surface area contributed by atoms with Gasteiger partial charge in [0.1, 0.15) is 5.82 Å². The molecule has 5 aromatic rings. The van der Waals surface area contributed by atoms with Gasteiger partial charge >= 0.3 is 25.8 Å². The zero-order valence-electron chi connectivity index (χ0n) is 29.9. The monoisotopic (exact) mass is 796 g/mol. The third-order valence-electron chi connectivity index (χ3n) is 6.80. The minimum Gasteiger partial charge on any atom is -0.671 e. The summed E-state index contributed by atoms with van der Waals surface area (Å²) in [4.78, 5) is 5.25. The second-order valence-electron chi connectivity index (χ2n) is 11.4. The molecule has 0 N–H and O–H groups in total. The van der Waals surface area contributed by atoms with Crippen LogP contribution in [0.5, 0.6) is 0 Å². The number of imidazole rings is 1. The van der Waals surface area contributed by atoms with E-state index in [9.17, 15) is 0 Å². The van der Waals surface area contributed by atoms with E-state index in [1.165, 1.54) is 11.1 Å². The van der Waals surface area contributed by atoms with Gasteiger partial charge in [0.2, 0.25) is 0 Å². The molecule has 1 heterocycles. The van der Waals surface area contributed by atoms with Crippen LogP contribution in [-0.4, -0.2) is 51.8 Å². The Morgan fingerprint density at radius 3 is 1.43 bits per heavy atom. The predicted molar refractivity (Wildman–Crippen MR) is 201 cm³/mol. The first kappa shape index (κ1) is 41.7. The quantitative estimate of drug-likeness (QED) is 0.144. The minimum absolute atomic E-state index is 0. The largest absolute Gasteiger partial charge is 4.00 e. The molecule has 1 unspecified atom stereocenters. The van der Waals surface area contributed by atoms with Gasteiger partial charge in [-0.2, -0.15) is 42.3 Å². The Morgan fingerprint density at radius 2 is 0.979 bits per heavy atom. The Bertz CT molecular complexity index is 1470. The van der Waals surface area contributed by atoms with Crippen molar-refractivity contribution >= 4 is 5.69 Å². The molecule has 246 valence electrons. The first-order valence-electron chi connectivity index (χ1n) is 15.8. The van der Waals surface area contributed by atoms with Crippen LogP contribution < -0.4 is 0 Å². The number of benzene rings is 4. The van der Waals surface area contributed by atoms with Crippen molar-refractivity contribution in [3.05, 3.63) is 159 Å². The molecule has 47 heavy (non-hydrogen) atoms. The molecule has 0 spiro atoms. The van der Waals surface area contributed by atoms with Crippen molar-refractivity contribution in [2.45, 2.75) is 45.6 Å². The smallest absolute Gasteiger partial charge is 0.671 e. The van der Waals surface area contributed by atoms with Crippen molar-refractivity contribution in [3.8, 4) is 16.9 Å². The maximum Gasteiger partial charge on any atom is 4.00 e. The molecular weight excluding hydrogens is 743 g/mol. The summed E-state index contributed by atoms with van der Waals surface area (Å²) in [5, 5.41) is 16.1. The van der Waals surface area contributed by atoms with Gasteiger partial charge in [0.25, 0.3) is 0 Å². The van der Waals surface area contributed by atoms with Gasteiger partial charge in [-0.05, 0) is 30.0 Å². The molecule has 1 atom stereocenters. The van der Waals surface area contributed by atoms with Crippen LogP contribution in [0.15, 0.2) is 115 Å². The van der Waals surface area contributed by atoms with Gasteiger partial charge in [-0.25, -0.2) is 4.98 Å². The van der Waals surface area contributed by atoms with Crippen molar-refractivity contribution in [1.29, 1.82) is 0 Å². The van der Waals surface area contributed by atoms with E-state index in [4.69, 9.17) is 10.3 Å². The molecule has 0 fully saturated rings. The summed E-state index contributed by atoms with van der Waals surface area (Å²) in [6.07, 6.45) is 2.14. The summed E-state index contributed by atoms with van der Waals surface area (Å²) in [5.74, 6) is 1.63. The molecule has 0 aliphatic rings. The third kappa shape index (κ3) is 12.6. The molecule has 4 aromatic carbocycles. The molecule has 6 nitrogen and oxygen atoms in total. The maximum absolute atomic E-state index is 5.55. The molecule has 0 saturated heterocycles.